The molecule has 0 radical (unpaired) electrons. The predicted molar refractivity (Wildman–Crippen MR) is 132 cm³/mol. The lowest BCUT2D eigenvalue weighted by molar-refractivity contribution is 0.182. The number of hydrogen-bond donors (Lipinski definition) is 1. The van der Waals surface area contributed by atoms with E-state index in [4.69, 9.17) is 14.5 Å². The lowest BCUT2D eigenvalue weighted by atomic mass is 9.86. The van der Waals surface area contributed by atoms with Crippen molar-refractivity contribution >= 4 is 27.2 Å². The third kappa shape index (κ3) is 5.22. The molecule has 3 aromatic rings. The average Bonchev–Trinajstić information content (AvgIpc) is 3.18. The van der Waals surface area contributed by atoms with Gasteiger partial charge in [-0.3, -0.25) is 0 Å². The summed E-state index contributed by atoms with van der Waals surface area (Å²) >= 11 is 1.66. The minimum Gasteiger partial charge on any atom is -0.437 e. The van der Waals surface area contributed by atoms with E-state index in [0.717, 1.165) is 40.9 Å². The van der Waals surface area contributed by atoms with Crippen LogP contribution in [0.2, 0.25) is 0 Å². The zero-order valence-electron chi connectivity index (χ0n) is 19.4. The fourth-order valence-electron chi connectivity index (χ4n) is 3.93. The highest BCUT2D eigenvalue weighted by Gasteiger charge is 2.22. The Morgan fingerprint density at radius 3 is 2.59 bits per heavy atom. The van der Waals surface area contributed by atoms with Gasteiger partial charge in [0.05, 0.1) is 6.61 Å². The molecule has 2 aromatic heterocycles. The van der Waals surface area contributed by atoms with E-state index in [0.29, 0.717) is 12.5 Å². The third-order valence-electron chi connectivity index (χ3n) is 5.52. The van der Waals surface area contributed by atoms with E-state index in [1.165, 1.54) is 24.3 Å². The molecular weight excluding hydrogens is 420 g/mol. The first-order chi connectivity index (χ1) is 15.5. The Morgan fingerprint density at radius 1 is 1.06 bits per heavy atom. The number of methoxy groups -OCH3 is 1. The molecule has 1 N–H and O–H groups in total. The second-order valence-electron chi connectivity index (χ2n) is 9.08. The van der Waals surface area contributed by atoms with E-state index in [1.807, 2.05) is 30.3 Å². The maximum atomic E-state index is 6.31. The van der Waals surface area contributed by atoms with Crippen LogP contribution in [0.4, 0.5) is 15.8 Å². The van der Waals surface area contributed by atoms with E-state index >= 15 is 0 Å². The van der Waals surface area contributed by atoms with E-state index in [2.05, 4.69) is 42.0 Å². The number of benzene rings is 1. The number of anilines is 3. The number of aromatic nitrogens is 2. The molecule has 0 spiro atoms. The second kappa shape index (κ2) is 9.88. The number of rotatable bonds is 7. The SMILES string of the molecule is COCc1nc(Nc2cccnc2Oc2ccccc2C(C)(C)C)sc1N1CCCCC1. The van der Waals surface area contributed by atoms with Crippen LogP contribution in [0.5, 0.6) is 11.6 Å². The van der Waals surface area contributed by atoms with Crippen LogP contribution in [0.15, 0.2) is 42.6 Å². The predicted octanol–water partition coefficient (Wildman–Crippen LogP) is 6.51. The Morgan fingerprint density at radius 2 is 1.84 bits per heavy atom. The van der Waals surface area contributed by atoms with Gasteiger partial charge in [0, 0.05) is 32.0 Å². The molecule has 0 unspecified atom stereocenters. The summed E-state index contributed by atoms with van der Waals surface area (Å²) < 4.78 is 11.7. The van der Waals surface area contributed by atoms with Gasteiger partial charge in [0.1, 0.15) is 22.1 Å². The van der Waals surface area contributed by atoms with Crippen molar-refractivity contribution in [1.82, 2.24) is 9.97 Å². The fourth-order valence-corrected chi connectivity index (χ4v) is 4.97. The topological polar surface area (TPSA) is 59.5 Å². The highest BCUT2D eigenvalue weighted by molar-refractivity contribution is 7.19. The Labute approximate surface area is 194 Å². The fraction of sp³-hybridized carbons (Fsp3) is 0.440. The summed E-state index contributed by atoms with van der Waals surface area (Å²) in [7, 11) is 1.71. The number of para-hydroxylation sites is 1. The number of pyridine rings is 1. The van der Waals surface area contributed by atoms with Crippen molar-refractivity contribution in [2.24, 2.45) is 0 Å². The monoisotopic (exact) mass is 452 g/mol. The Balaban J connectivity index is 1.61. The molecule has 1 saturated heterocycles. The Hall–Kier alpha value is -2.64. The van der Waals surface area contributed by atoms with Crippen molar-refractivity contribution in [1.29, 1.82) is 0 Å². The van der Waals surface area contributed by atoms with Crippen LogP contribution in [0.1, 0.15) is 51.3 Å². The summed E-state index contributed by atoms with van der Waals surface area (Å²) in [4.78, 5) is 11.8. The minimum atomic E-state index is -0.0350. The van der Waals surface area contributed by atoms with Crippen molar-refractivity contribution in [2.45, 2.75) is 52.1 Å². The first-order valence-electron chi connectivity index (χ1n) is 11.2. The molecule has 3 heterocycles. The molecule has 170 valence electrons. The minimum absolute atomic E-state index is 0.0350. The lowest BCUT2D eigenvalue weighted by Gasteiger charge is -2.27. The number of piperidine rings is 1. The summed E-state index contributed by atoms with van der Waals surface area (Å²) in [5.74, 6) is 1.35. The molecule has 0 bridgehead atoms. The van der Waals surface area contributed by atoms with Gasteiger partial charge in [-0.25, -0.2) is 9.97 Å². The molecular formula is C25H32N4O2S. The van der Waals surface area contributed by atoms with E-state index in [-0.39, 0.29) is 5.41 Å². The molecule has 7 heteroatoms. The first kappa shape index (κ1) is 22.6. The summed E-state index contributed by atoms with van der Waals surface area (Å²) in [5.41, 5.74) is 2.87. The van der Waals surface area contributed by atoms with Crippen LogP contribution >= 0.6 is 11.3 Å². The molecule has 4 rings (SSSR count). The summed E-state index contributed by atoms with van der Waals surface area (Å²) in [5, 5.41) is 5.46. The third-order valence-corrected chi connectivity index (χ3v) is 6.59. The molecule has 1 aliphatic heterocycles. The molecule has 1 aromatic carbocycles. The lowest BCUT2D eigenvalue weighted by Crippen LogP contribution is -2.29. The smallest absolute Gasteiger partial charge is 0.243 e. The van der Waals surface area contributed by atoms with Crippen molar-refractivity contribution in [3.05, 3.63) is 53.9 Å². The Kier molecular flexibility index (Phi) is 6.96. The highest BCUT2D eigenvalue weighted by atomic mass is 32.1. The molecule has 6 nitrogen and oxygen atoms in total. The van der Waals surface area contributed by atoms with E-state index < -0.39 is 0 Å². The van der Waals surface area contributed by atoms with Crippen molar-refractivity contribution in [3.63, 3.8) is 0 Å². The zero-order valence-corrected chi connectivity index (χ0v) is 20.2. The Bertz CT molecular complexity index is 1040. The van der Waals surface area contributed by atoms with Crippen LogP contribution < -0.4 is 15.0 Å². The zero-order chi connectivity index (χ0) is 22.6. The molecule has 0 amide bonds. The highest BCUT2D eigenvalue weighted by Crippen LogP contribution is 2.39. The molecule has 0 aliphatic carbocycles. The van der Waals surface area contributed by atoms with Gasteiger partial charge in [-0.15, -0.1) is 0 Å². The molecule has 1 aliphatic rings. The average molecular weight is 453 g/mol. The van der Waals surface area contributed by atoms with Crippen LogP contribution in [0.25, 0.3) is 0 Å². The van der Waals surface area contributed by atoms with Gasteiger partial charge in [-0.1, -0.05) is 50.3 Å². The number of nitrogens with one attached hydrogen (secondary N) is 1. The number of nitrogens with zero attached hydrogens (tertiary/aromatic N) is 3. The number of thiazole rings is 1. The maximum absolute atomic E-state index is 6.31. The van der Waals surface area contributed by atoms with Gasteiger partial charge in [0.25, 0.3) is 0 Å². The van der Waals surface area contributed by atoms with Gasteiger partial charge < -0.3 is 19.7 Å². The number of ether oxygens (including phenoxy) is 2. The van der Waals surface area contributed by atoms with Crippen LogP contribution in [0, 0.1) is 0 Å². The van der Waals surface area contributed by atoms with Gasteiger partial charge >= 0.3 is 0 Å². The van der Waals surface area contributed by atoms with Crippen molar-refractivity contribution in [3.8, 4) is 11.6 Å². The molecule has 0 atom stereocenters. The molecule has 32 heavy (non-hydrogen) atoms. The van der Waals surface area contributed by atoms with Gasteiger partial charge in [0.15, 0.2) is 5.13 Å². The van der Waals surface area contributed by atoms with Gasteiger partial charge in [0.2, 0.25) is 5.88 Å². The molecule has 0 saturated carbocycles. The molecule has 1 fully saturated rings. The van der Waals surface area contributed by atoms with Crippen LogP contribution in [-0.4, -0.2) is 30.2 Å². The largest absolute Gasteiger partial charge is 0.437 e. The van der Waals surface area contributed by atoms with E-state index in [1.54, 1.807) is 24.6 Å². The quantitative estimate of drug-likeness (QED) is 0.441. The first-order valence-corrected chi connectivity index (χ1v) is 12.0. The van der Waals surface area contributed by atoms with Crippen molar-refractivity contribution < 1.29 is 9.47 Å². The van der Waals surface area contributed by atoms with Crippen molar-refractivity contribution in [2.75, 3.05) is 30.4 Å². The van der Waals surface area contributed by atoms with Gasteiger partial charge in [-0.05, 0) is 42.9 Å². The normalized spacial score (nSPS) is 14.4. The maximum Gasteiger partial charge on any atom is 0.243 e. The second-order valence-corrected chi connectivity index (χ2v) is 10.1. The van der Waals surface area contributed by atoms with Crippen LogP contribution in [0.3, 0.4) is 0 Å². The number of hydrogen-bond acceptors (Lipinski definition) is 7. The summed E-state index contributed by atoms with van der Waals surface area (Å²) in [6, 6.07) is 12.0. The van der Waals surface area contributed by atoms with Crippen LogP contribution in [-0.2, 0) is 16.8 Å². The standard InChI is InChI=1S/C25H32N4O2S/c1-25(2,3)18-11-6-7-13-21(18)31-22-19(12-10-14-26-22)27-24-28-20(17-30-4)23(32-24)29-15-8-5-9-16-29/h6-7,10-14H,5,8-9,15-17H2,1-4H3,(H,27,28). The van der Waals surface area contributed by atoms with Gasteiger partial charge in [-0.2, -0.15) is 0 Å². The summed E-state index contributed by atoms with van der Waals surface area (Å²) in [6.45, 7) is 9.19. The van der Waals surface area contributed by atoms with E-state index in [9.17, 15) is 0 Å². The summed E-state index contributed by atoms with van der Waals surface area (Å²) in [6.07, 6.45) is 5.49.